The summed E-state index contributed by atoms with van der Waals surface area (Å²) in [6, 6.07) is 15.8. The maximum Gasteiger partial charge on any atom is 0.222 e. The van der Waals surface area contributed by atoms with Gasteiger partial charge in [-0.2, -0.15) is 0 Å². The molecule has 1 atom stereocenters. The molecule has 1 amide bonds. The molecule has 0 aliphatic carbocycles. The molecule has 0 saturated carbocycles. The predicted molar refractivity (Wildman–Crippen MR) is 96.3 cm³/mol. The highest BCUT2D eigenvalue weighted by Gasteiger charge is 2.18. The van der Waals surface area contributed by atoms with Crippen molar-refractivity contribution in [3.63, 3.8) is 0 Å². The van der Waals surface area contributed by atoms with E-state index in [4.69, 9.17) is 4.74 Å². The Labute approximate surface area is 145 Å². The maximum absolute atomic E-state index is 12.4. The van der Waals surface area contributed by atoms with Crippen LogP contribution in [0.1, 0.15) is 22.9 Å². The van der Waals surface area contributed by atoms with Crippen LogP contribution in [0.2, 0.25) is 0 Å². The average Bonchev–Trinajstić information content (AvgIpc) is 3.32. The van der Waals surface area contributed by atoms with E-state index in [2.05, 4.69) is 16.0 Å². The number of carbonyl (C=O) groups is 1. The summed E-state index contributed by atoms with van der Waals surface area (Å²) in [5, 5.41) is 5.05. The minimum atomic E-state index is 0.0378. The molecule has 0 aliphatic heterocycles. The normalized spacial score (nSPS) is 11.9. The van der Waals surface area contributed by atoms with Crippen LogP contribution in [0.15, 0.2) is 66.3 Å². The second-order valence-electron chi connectivity index (χ2n) is 5.49. The van der Waals surface area contributed by atoms with Crippen molar-refractivity contribution < 1.29 is 9.53 Å². The van der Waals surface area contributed by atoms with Crippen molar-refractivity contribution in [1.82, 2.24) is 9.88 Å². The van der Waals surface area contributed by atoms with Gasteiger partial charge in [-0.25, -0.2) is 0 Å². The maximum atomic E-state index is 12.4. The van der Waals surface area contributed by atoms with Crippen molar-refractivity contribution in [2.45, 2.75) is 19.0 Å². The number of hydrogen-bond donors (Lipinski definition) is 1. The molecule has 0 aliphatic rings. The van der Waals surface area contributed by atoms with Crippen LogP contribution in [0, 0.1) is 0 Å². The number of rotatable bonds is 7. The van der Waals surface area contributed by atoms with Gasteiger partial charge in [0.25, 0.3) is 0 Å². The van der Waals surface area contributed by atoms with Gasteiger partial charge in [0, 0.05) is 23.8 Å². The number of ether oxygens (including phenoxy) is 1. The van der Waals surface area contributed by atoms with Crippen LogP contribution < -0.4 is 10.1 Å². The molecule has 3 rings (SSSR count). The van der Waals surface area contributed by atoms with Gasteiger partial charge in [-0.15, -0.1) is 11.3 Å². The first-order chi connectivity index (χ1) is 11.8. The average molecular weight is 340 g/mol. The van der Waals surface area contributed by atoms with E-state index >= 15 is 0 Å². The summed E-state index contributed by atoms with van der Waals surface area (Å²) in [4.78, 5) is 13.6. The summed E-state index contributed by atoms with van der Waals surface area (Å²) in [5.74, 6) is 0.855. The highest BCUT2D eigenvalue weighted by atomic mass is 32.1. The van der Waals surface area contributed by atoms with Crippen LogP contribution in [0.4, 0.5) is 0 Å². The van der Waals surface area contributed by atoms with Crippen LogP contribution in [-0.2, 0) is 11.3 Å². The monoisotopic (exact) mass is 340 g/mol. The van der Waals surface area contributed by atoms with Crippen LogP contribution in [0.3, 0.4) is 0 Å². The SMILES string of the molecule is COc1ccc(CNC(=O)C[C@@H](c2cccs2)n2cccc2)cc1. The van der Waals surface area contributed by atoms with Crippen molar-refractivity contribution in [1.29, 1.82) is 0 Å². The third kappa shape index (κ3) is 4.06. The van der Waals surface area contributed by atoms with Gasteiger partial charge in [-0.1, -0.05) is 18.2 Å². The molecule has 0 saturated heterocycles. The summed E-state index contributed by atoms with van der Waals surface area (Å²) in [5.41, 5.74) is 1.05. The zero-order valence-corrected chi connectivity index (χ0v) is 14.3. The fraction of sp³-hybridized carbons (Fsp3) is 0.211. The molecule has 0 unspecified atom stereocenters. The topological polar surface area (TPSA) is 43.3 Å². The van der Waals surface area contributed by atoms with Gasteiger partial charge < -0.3 is 14.6 Å². The number of hydrogen-bond acceptors (Lipinski definition) is 3. The minimum Gasteiger partial charge on any atom is -0.497 e. The molecular weight excluding hydrogens is 320 g/mol. The van der Waals surface area contributed by atoms with E-state index in [0.717, 1.165) is 11.3 Å². The van der Waals surface area contributed by atoms with E-state index in [1.807, 2.05) is 60.2 Å². The number of carbonyl (C=O) groups excluding carboxylic acids is 1. The Balaban J connectivity index is 1.61. The van der Waals surface area contributed by atoms with E-state index in [1.54, 1.807) is 18.4 Å². The third-order valence-electron chi connectivity index (χ3n) is 3.89. The minimum absolute atomic E-state index is 0.0378. The van der Waals surface area contributed by atoms with Crippen LogP contribution in [0.5, 0.6) is 5.75 Å². The molecule has 24 heavy (non-hydrogen) atoms. The lowest BCUT2D eigenvalue weighted by atomic mass is 10.1. The lowest BCUT2D eigenvalue weighted by molar-refractivity contribution is -0.121. The Morgan fingerprint density at radius 2 is 1.92 bits per heavy atom. The molecule has 4 nitrogen and oxygen atoms in total. The molecule has 0 bridgehead atoms. The van der Waals surface area contributed by atoms with Crippen molar-refractivity contribution in [3.05, 3.63) is 76.7 Å². The molecule has 0 spiro atoms. The second-order valence-corrected chi connectivity index (χ2v) is 6.47. The van der Waals surface area contributed by atoms with Crippen molar-refractivity contribution in [2.75, 3.05) is 7.11 Å². The molecule has 1 aromatic carbocycles. The van der Waals surface area contributed by atoms with Crippen LogP contribution in [0.25, 0.3) is 0 Å². The summed E-state index contributed by atoms with van der Waals surface area (Å²) < 4.78 is 7.22. The molecule has 124 valence electrons. The van der Waals surface area contributed by atoms with E-state index in [-0.39, 0.29) is 11.9 Å². The van der Waals surface area contributed by atoms with Crippen LogP contribution in [-0.4, -0.2) is 17.6 Å². The first-order valence-electron chi connectivity index (χ1n) is 7.82. The Bertz CT molecular complexity index is 715. The number of nitrogens with zero attached hydrogens (tertiary/aromatic N) is 1. The number of nitrogens with one attached hydrogen (secondary N) is 1. The standard InChI is InChI=1S/C19H20N2O2S/c1-23-16-8-6-15(7-9-16)14-20-19(22)13-17(18-5-4-12-24-18)21-10-2-3-11-21/h2-12,17H,13-14H2,1H3,(H,20,22)/t17-/m0/s1. The number of aromatic nitrogens is 1. The summed E-state index contributed by atoms with van der Waals surface area (Å²) in [6.45, 7) is 0.520. The lowest BCUT2D eigenvalue weighted by Gasteiger charge is -2.17. The van der Waals surface area contributed by atoms with Crippen molar-refractivity contribution >= 4 is 17.2 Å². The molecule has 1 N–H and O–H groups in total. The molecule has 2 aromatic heterocycles. The van der Waals surface area contributed by atoms with E-state index in [1.165, 1.54) is 4.88 Å². The quantitative estimate of drug-likeness (QED) is 0.710. The number of benzene rings is 1. The number of amides is 1. The highest BCUT2D eigenvalue weighted by Crippen LogP contribution is 2.26. The number of methoxy groups -OCH3 is 1. The Morgan fingerprint density at radius 3 is 2.54 bits per heavy atom. The van der Waals surface area contributed by atoms with Gasteiger partial charge in [-0.3, -0.25) is 4.79 Å². The third-order valence-corrected chi connectivity index (χ3v) is 4.86. The van der Waals surface area contributed by atoms with Gasteiger partial charge in [0.1, 0.15) is 5.75 Å². The predicted octanol–water partition coefficient (Wildman–Crippen LogP) is 3.85. The molecule has 5 heteroatoms. The van der Waals surface area contributed by atoms with E-state index < -0.39 is 0 Å². The summed E-state index contributed by atoms with van der Waals surface area (Å²) in [7, 11) is 1.64. The van der Waals surface area contributed by atoms with Gasteiger partial charge in [0.15, 0.2) is 0 Å². The second kappa shape index (κ2) is 7.84. The lowest BCUT2D eigenvalue weighted by Crippen LogP contribution is -2.26. The van der Waals surface area contributed by atoms with E-state index in [9.17, 15) is 4.79 Å². The Hall–Kier alpha value is -2.53. The smallest absolute Gasteiger partial charge is 0.222 e. The van der Waals surface area contributed by atoms with Crippen molar-refractivity contribution in [3.8, 4) is 5.75 Å². The Kier molecular flexibility index (Phi) is 5.33. The van der Waals surface area contributed by atoms with Crippen molar-refractivity contribution in [2.24, 2.45) is 0 Å². The van der Waals surface area contributed by atoms with Crippen LogP contribution >= 0.6 is 11.3 Å². The Morgan fingerprint density at radius 1 is 1.17 bits per heavy atom. The summed E-state index contributed by atoms with van der Waals surface area (Å²) >= 11 is 1.68. The number of thiophene rings is 1. The molecule has 2 heterocycles. The fourth-order valence-electron chi connectivity index (χ4n) is 2.58. The zero-order valence-electron chi connectivity index (χ0n) is 13.5. The van der Waals surface area contributed by atoms with Gasteiger partial charge in [0.05, 0.1) is 19.6 Å². The van der Waals surface area contributed by atoms with Gasteiger partial charge in [0.2, 0.25) is 5.91 Å². The first-order valence-corrected chi connectivity index (χ1v) is 8.69. The molecule has 3 aromatic rings. The molecule has 0 fully saturated rings. The fourth-order valence-corrected chi connectivity index (χ4v) is 3.41. The van der Waals surface area contributed by atoms with Gasteiger partial charge >= 0.3 is 0 Å². The van der Waals surface area contributed by atoms with Gasteiger partial charge in [-0.05, 0) is 41.3 Å². The summed E-state index contributed by atoms with van der Waals surface area (Å²) in [6.07, 6.45) is 4.42. The first kappa shape index (κ1) is 16.3. The zero-order chi connectivity index (χ0) is 16.8. The largest absolute Gasteiger partial charge is 0.497 e. The molecular formula is C19H20N2O2S. The van der Waals surface area contributed by atoms with E-state index in [0.29, 0.717) is 13.0 Å². The highest BCUT2D eigenvalue weighted by molar-refractivity contribution is 7.10. The molecule has 0 radical (unpaired) electrons.